The molecule has 6 unspecified atom stereocenters. The minimum Gasteiger partial charge on any atom is -0.457 e. The van der Waals surface area contributed by atoms with Gasteiger partial charge in [0.05, 0.1) is 28.1 Å². The molecule has 5 heteroatoms. The van der Waals surface area contributed by atoms with Gasteiger partial charge in [-0.25, -0.2) is 4.98 Å². The van der Waals surface area contributed by atoms with E-state index in [1.165, 1.54) is 94.2 Å². The standard InChI is InChI=1S/C72H74N4O/c1-66(2,3)50-40-43-73-64(44-50)76-58-33-17-16-30-54(58)55-39-38-53(46-61(55)76)77-52-29-20-28-51(45-52)74-47-75(60-35-19-18-34-59(60)74)65-56(71(48-24-12-10-13-25-48)62-36-22-41-69(71,8)67(62,4)5)31-21-32-57(65)72(49-26-14-11-15-27-49)63-37-23-42-70(72,9)68(63,6)7/h10-21,24-35,38-40,43-46,62-63H,22-23,36-37,41-42,47H2,1-9H3. The first-order valence-electron chi connectivity index (χ1n) is 28.7. The van der Waals surface area contributed by atoms with Crippen LogP contribution in [0.25, 0.3) is 27.6 Å². The molecule has 0 N–H and O–H groups in total. The van der Waals surface area contributed by atoms with Crippen molar-refractivity contribution in [3.05, 3.63) is 216 Å². The summed E-state index contributed by atoms with van der Waals surface area (Å²) in [6.45, 7) is 23.1. The maximum absolute atomic E-state index is 6.99. The van der Waals surface area contributed by atoms with Crippen LogP contribution in [0.1, 0.15) is 129 Å². The van der Waals surface area contributed by atoms with Gasteiger partial charge in [-0.3, -0.25) is 4.57 Å². The Labute approximate surface area is 457 Å². The molecule has 6 atom stereocenters. The SMILES string of the molecule is CC(C)(C)c1ccnc(-n2c3ccccc3c3ccc(Oc4cccc(N5CN(c6c(C7(c8ccccc8)C8CCCC7(C)C8(C)C)cccc6C6(c7ccccc7)C7CCCC6(C)C7(C)C)c6ccccc65)c4)cc32)c1. The number of nitrogens with zero attached hydrogens (tertiary/aromatic N) is 4. The number of hydrogen-bond acceptors (Lipinski definition) is 4. The molecule has 0 saturated heterocycles. The minimum absolute atomic E-state index is 0.0145. The molecule has 388 valence electrons. The molecule has 5 aliphatic rings. The summed E-state index contributed by atoms with van der Waals surface area (Å²) in [4.78, 5) is 10.3. The summed E-state index contributed by atoms with van der Waals surface area (Å²) in [5.74, 6) is 3.47. The fraction of sp³-hybridized carbons (Fsp3) is 0.347. The summed E-state index contributed by atoms with van der Waals surface area (Å²) in [5, 5.41) is 2.37. The van der Waals surface area contributed by atoms with E-state index in [1.54, 1.807) is 0 Å². The van der Waals surface area contributed by atoms with E-state index in [0.717, 1.165) is 34.0 Å². The van der Waals surface area contributed by atoms with Gasteiger partial charge in [-0.05, 0) is 147 Å². The van der Waals surface area contributed by atoms with Crippen LogP contribution in [0.5, 0.6) is 11.5 Å². The van der Waals surface area contributed by atoms with Crippen LogP contribution in [0, 0.1) is 33.5 Å². The Bertz CT molecular complexity index is 3690. The highest BCUT2D eigenvalue weighted by atomic mass is 16.5. The highest BCUT2D eigenvalue weighted by molar-refractivity contribution is 6.09. The lowest BCUT2D eigenvalue weighted by Crippen LogP contribution is -2.75. The third-order valence-corrected chi connectivity index (χ3v) is 21.9. The molecular formula is C72H74N4O. The number of benzene rings is 7. The maximum atomic E-state index is 6.99. The van der Waals surface area contributed by atoms with Crippen molar-refractivity contribution in [2.24, 2.45) is 33.5 Å². The number of rotatable bonds is 9. The quantitative estimate of drug-likeness (QED) is 0.144. The zero-order valence-electron chi connectivity index (χ0n) is 46.7. The number of ether oxygens (including phenoxy) is 1. The molecule has 0 spiro atoms. The smallest absolute Gasteiger partial charge is 0.137 e. The van der Waals surface area contributed by atoms with Gasteiger partial charge in [-0.1, -0.05) is 190 Å². The van der Waals surface area contributed by atoms with Crippen molar-refractivity contribution in [1.29, 1.82) is 0 Å². The first-order chi connectivity index (χ1) is 37.1. The zero-order chi connectivity index (χ0) is 52.9. The fourth-order valence-corrected chi connectivity index (χ4v) is 17.9. The van der Waals surface area contributed by atoms with Crippen LogP contribution in [-0.2, 0) is 16.2 Å². The molecule has 3 heterocycles. The van der Waals surface area contributed by atoms with Crippen LogP contribution < -0.4 is 14.5 Å². The van der Waals surface area contributed by atoms with Crippen LogP contribution in [0.4, 0.5) is 22.7 Å². The Morgan fingerprint density at radius 1 is 0.506 bits per heavy atom. The molecule has 5 nitrogen and oxygen atoms in total. The Kier molecular flexibility index (Phi) is 10.5. The number of anilines is 4. The lowest BCUT2D eigenvalue weighted by Gasteiger charge is -2.79. The van der Waals surface area contributed by atoms with E-state index in [0.29, 0.717) is 18.5 Å². The zero-order valence-corrected chi connectivity index (χ0v) is 46.7. The van der Waals surface area contributed by atoms with Crippen LogP contribution >= 0.6 is 0 Å². The second kappa shape index (κ2) is 16.7. The molecule has 7 aromatic carbocycles. The van der Waals surface area contributed by atoms with Gasteiger partial charge >= 0.3 is 0 Å². The van der Waals surface area contributed by atoms with Crippen molar-refractivity contribution in [2.45, 2.75) is 117 Å². The molecule has 14 rings (SSSR count). The third kappa shape index (κ3) is 6.26. The Morgan fingerprint density at radius 3 is 1.65 bits per heavy atom. The van der Waals surface area contributed by atoms with Gasteiger partial charge in [-0.15, -0.1) is 0 Å². The molecule has 0 radical (unpaired) electrons. The van der Waals surface area contributed by atoms with Crippen LogP contribution in [0.3, 0.4) is 0 Å². The number of fused-ring (bicyclic) bond motifs is 8. The normalized spacial score (nSPS) is 26.8. The second-order valence-corrected chi connectivity index (χ2v) is 26.3. The summed E-state index contributed by atoms with van der Waals surface area (Å²) < 4.78 is 9.29. The Morgan fingerprint density at radius 2 is 1.05 bits per heavy atom. The predicted molar refractivity (Wildman–Crippen MR) is 319 cm³/mol. The number of hydrogen-bond donors (Lipinski definition) is 0. The number of aromatic nitrogens is 2. The van der Waals surface area contributed by atoms with Crippen molar-refractivity contribution in [1.82, 2.24) is 9.55 Å². The molecular weight excluding hydrogens is 937 g/mol. The van der Waals surface area contributed by atoms with E-state index in [1.807, 2.05) is 6.20 Å². The van der Waals surface area contributed by atoms with E-state index in [2.05, 4.69) is 259 Å². The van der Waals surface area contributed by atoms with E-state index < -0.39 is 0 Å². The summed E-state index contributed by atoms with van der Waals surface area (Å²) in [6, 6.07) is 68.8. The average molecular weight is 1010 g/mol. The number of pyridine rings is 1. The highest BCUT2D eigenvalue weighted by Gasteiger charge is 2.78. The molecule has 1 aliphatic heterocycles. The summed E-state index contributed by atoms with van der Waals surface area (Å²) in [6.07, 6.45) is 9.36. The van der Waals surface area contributed by atoms with Crippen molar-refractivity contribution < 1.29 is 4.74 Å². The summed E-state index contributed by atoms with van der Waals surface area (Å²) >= 11 is 0. The second-order valence-electron chi connectivity index (χ2n) is 26.3. The lowest BCUT2D eigenvalue weighted by molar-refractivity contribution is -0.222. The average Bonchev–Trinajstić information content (AvgIpc) is 4.04. The number of para-hydroxylation sites is 4. The largest absolute Gasteiger partial charge is 0.457 e. The van der Waals surface area contributed by atoms with Crippen LogP contribution in [-0.4, -0.2) is 16.2 Å². The van der Waals surface area contributed by atoms with Crippen molar-refractivity contribution >= 4 is 44.6 Å². The molecule has 77 heavy (non-hydrogen) atoms. The lowest BCUT2D eigenvalue weighted by atomic mass is 9.24. The van der Waals surface area contributed by atoms with Crippen LogP contribution in [0.15, 0.2) is 188 Å². The molecule has 4 aliphatic carbocycles. The van der Waals surface area contributed by atoms with Gasteiger partial charge in [-0.2, -0.15) is 0 Å². The van der Waals surface area contributed by atoms with Gasteiger partial charge < -0.3 is 14.5 Å². The fourth-order valence-electron chi connectivity index (χ4n) is 17.9. The monoisotopic (exact) mass is 1010 g/mol. The van der Waals surface area contributed by atoms with Gasteiger partial charge in [0.2, 0.25) is 0 Å². The summed E-state index contributed by atoms with van der Waals surface area (Å²) in [5.41, 5.74) is 14.4. The first-order valence-corrected chi connectivity index (χ1v) is 28.7. The van der Waals surface area contributed by atoms with Gasteiger partial charge in [0.15, 0.2) is 0 Å². The molecule has 9 aromatic rings. The van der Waals surface area contributed by atoms with E-state index >= 15 is 0 Å². The summed E-state index contributed by atoms with van der Waals surface area (Å²) in [7, 11) is 0. The van der Waals surface area contributed by atoms with Crippen molar-refractivity contribution in [3.63, 3.8) is 0 Å². The molecule has 0 amide bonds. The van der Waals surface area contributed by atoms with E-state index in [4.69, 9.17) is 9.72 Å². The minimum atomic E-state index is -0.192. The third-order valence-electron chi connectivity index (χ3n) is 21.9. The highest BCUT2D eigenvalue weighted by Crippen LogP contribution is 2.83. The topological polar surface area (TPSA) is 33.5 Å². The van der Waals surface area contributed by atoms with Crippen molar-refractivity contribution in [2.75, 3.05) is 16.5 Å². The first kappa shape index (κ1) is 48.3. The van der Waals surface area contributed by atoms with Gasteiger partial charge in [0, 0.05) is 45.6 Å². The van der Waals surface area contributed by atoms with E-state index in [9.17, 15) is 0 Å². The Hall–Kier alpha value is -7.11. The molecule has 4 fully saturated rings. The van der Waals surface area contributed by atoms with Gasteiger partial charge in [0.25, 0.3) is 0 Å². The molecule has 4 saturated carbocycles. The predicted octanol–water partition coefficient (Wildman–Crippen LogP) is 18.8. The maximum Gasteiger partial charge on any atom is 0.137 e. The van der Waals surface area contributed by atoms with Crippen LogP contribution in [0.2, 0.25) is 0 Å². The van der Waals surface area contributed by atoms with Crippen molar-refractivity contribution in [3.8, 4) is 17.3 Å². The Balaban J connectivity index is 0.931. The van der Waals surface area contributed by atoms with E-state index in [-0.39, 0.29) is 37.9 Å². The van der Waals surface area contributed by atoms with Gasteiger partial charge in [0.1, 0.15) is 24.0 Å². The molecule has 4 bridgehead atoms. The molecule has 2 aromatic heterocycles.